The summed E-state index contributed by atoms with van der Waals surface area (Å²) in [6.45, 7) is 3.72. The summed E-state index contributed by atoms with van der Waals surface area (Å²) in [4.78, 5) is 31.5. The van der Waals surface area contributed by atoms with Gasteiger partial charge in [0.1, 0.15) is 0 Å². The number of benzene rings is 1. The van der Waals surface area contributed by atoms with Crippen molar-refractivity contribution in [2.75, 3.05) is 14.1 Å². The van der Waals surface area contributed by atoms with E-state index in [9.17, 15) is 9.59 Å². The molecule has 3 rings (SSSR count). The molecule has 0 bridgehead atoms. The number of aliphatic imine (C=N–C) groups is 1. The first-order valence-corrected chi connectivity index (χ1v) is 7.56. The quantitative estimate of drug-likeness (QED) is 0.497. The van der Waals surface area contributed by atoms with E-state index in [2.05, 4.69) is 22.2 Å². The zero-order valence-electron chi connectivity index (χ0n) is 13.2. The summed E-state index contributed by atoms with van der Waals surface area (Å²) in [6, 6.07) is 6.18. The summed E-state index contributed by atoms with van der Waals surface area (Å²) in [5, 5.41) is 4.21. The number of guanidine groups is 1. The van der Waals surface area contributed by atoms with Gasteiger partial charge in [0, 0.05) is 31.4 Å². The van der Waals surface area contributed by atoms with Crippen molar-refractivity contribution in [2.45, 2.75) is 12.6 Å². The molecule has 1 N–H and O–H groups in total. The highest BCUT2D eigenvalue weighted by Crippen LogP contribution is 2.22. The predicted octanol–water partition coefficient (Wildman–Crippen LogP) is 0.718. The Morgan fingerprint density at radius 1 is 1.33 bits per heavy atom. The summed E-state index contributed by atoms with van der Waals surface area (Å²) in [7, 11) is 3.03. The van der Waals surface area contributed by atoms with E-state index in [-0.39, 0.29) is 5.91 Å². The first kappa shape index (κ1) is 16.1. The Morgan fingerprint density at radius 3 is 2.71 bits per heavy atom. The molecule has 1 aromatic rings. The number of carbonyl (C=O) groups is 2. The van der Waals surface area contributed by atoms with Gasteiger partial charge in [-0.2, -0.15) is 5.43 Å². The number of fused-ring (bicyclic) bond motifs is 1. The molecule has 0 aliphatic carbocycles. The molecule has 2 aliphatic heterocycles. The lowest BCUT2D eigenvalue weighted by molar-refractivity contribution is -0.553. The number of rotatable bonds is 3. The molecule has 1 saturated heterocycles. The lowest BCUT2D eigenvalue weighted by Crippen LogP contribution is -2.61. The van der Waals surface area contributed by atoms with Gasteiger partial charge in [0.15, 0.2) is 0 Å². The van der Waals surface area contributed by atoms with Crippen molar-refractivity contribution in [1.82, 2.24) is 15.2 Å². The second-order valence-corrected chi connectivity index (χ2v) is 5.83. The molecule has 124 valence electrons. The van der Waals surface area contributed by atoms with Crippen LogP contribution in [0.25, 0.3) is 0 Å². The molecule has 8 nitrogen and oxygen atoms in total. The lowest BCUT2D eigenvalue weighted by atomic mass is 10.1. The normalized spacial score (nSPS) is 20.3. The second kappa shape index (κ2) is 6.04. The lowest BCUT2D eigenvalue weighted by Gasteiger charge is -2.31. The Labute approximate surface area is 143 Å². The minimum absolute atomic E-state index is 0.330. The van der Waals surface area contributed by atoms with Crippen molar-refractivity contribution in [1.29, 1.82) is 0 Å². The van der Waals surface area contributed by atoms with Crippen molar-refractivity contribution in [2.24, 2.45) is 10.1 Å². The highest BCUT2D eigenvalue weighted by Gasteiger charge is 2.51. The van der Waals surface area contributed by atoms with E-state index in [4.69, 9.17) is 11.6 Å². The average Bonchev–Trinajstić information content (AvgIpc) is 2.92. The number of nitrogens with zero attached hydrogens (tertiary/aromatic N) is 5. The first-order chi connectivity index (χ1) is 11.5. The maximum absolute atomic E-state index is 12.6. The summed E-state index contributed by atoms with van der Waals surface area (Å²) in [6.07, 6.45) is 0. The number of halogens is 1. The predicted molar refractivity (Wildman–Crippen MR) is 90.3 cm³/mol. The molecule has 3 amide bonds. The summed E-state index contributed by atoms with van der Waals surface area (Å²) in [5.74, 6) is 0.333. The number of urea groups is 1. The van der Waals surface area contributed by atoms with Gasteiger partial charge in [0.25, 0.3) is 5.91 Å². The fourth-order valence-electron chi connectivity index (χ4n) is 2.73. The zero-order chi connectivity index (χ0) is 17.4. The molecule has 24 heavy (non-hydrogen) atoms. The number of hydrogen-bond acceptors (Lipinski definition) is 5. The van der Waals surface area contributed by atoms with Gasteiger partial charge in [-0.15, -0.1) is 5.10 Å². The summed E-state index contributed by atoms with van der Waals surface area (Å²) < 4.78 is 1.72. The third-order valence-corrected chi connectivity index (χ3v) is 4.38. The molecular formula is C15H16ClN6O2+. The SMILES string of the molecule is C=NNC1=[N+](Cc2ccccc2Cl)C2C(=O)N(C)C(=O)N(C)C2=N1. The molecule has 9 heteroatoms. The number of amides is 3. The second-order valence-electron chi connectivity index (χ2n) is 5.42. The number of hydrazone groups is 1. The van der Waals surface area contributed by atoms with E-state index in [1.807, 2.05) is 18.2 Å². The zero-order valence-corrected chi connectivity index (χ0v) is 14.0. The molecule has 1 fully saturated rings. The van der Waals surface area contributed by atoms with Crippen LogP contribution in [0.2, 0.25) is 5.02 Å². The maximum atomic E-state index is 12.6. The van der Waals surface area contributed by atoms with Gasteiger partial charge in [-0.3, -0.25) is 14.6 Å². The molecule has 1 atom stereocenters. The van der Waals surface area contributed by atoms with Gasteiger partial charge < -0.3 is 0 Å². The number of likely N-dealkylation sites (N-methyl/N-ethyl adjacent to an activating group) is 2. The van der Waals surface area contributed by atoms with Gasteiger partial charge in [0.2, 0.25) is 11.9 Å². The third-order valence-electron chi connectivity index (χ3n) is 4.01. The van der Waals surface area contributed by atoms with E-state index >= 15 is 0 Å². The number of nitrogens with one attached hydrogen (secondary N) is 1. The van der Waals surface area contributed by atoms with Crippen molar-refractivity contribution in [3.8, 4) is 0 Å². The van der Waals surface area contributed by atoms with Crippen molar-refractivity contribution in [3.63, 3.8) is 0 Å². The highest BCUT2D eigenvalue weighted by molar-refractivity contribution is 6.31. The number of amidine groups is 1. The Balaban J connectivity index is 2.04. The Hall–Kier alpha value is -2.74. The van der Waals surface area contributed by atoms with Crippen LogP contribution in [0.1, 0.15) is 5.56 Å². The van der Waals surface area contributed by atoms with E-state index in [0.29, 0.717) is 23.4 Å². The van der Waals surface area contributed by atoms with Crippen LogP contribution in [0, 0.1) is 0 Å². The van der Waals surface area contributed by atoms with Gasteiger partial charge in [-0.05, 0) is 6.07 Å². The van der Waals surface area contributed by atoms with Gasteiger partial charge in [-0.1, -0.05) is 34.8 Å². The topological polar surface area (TPSA) is 80.4 Å². The third kappa shape index (κ3) is 2.44. The van der Waals surface area contributed by atoms with Gasteiger partial charge >= 0.3 is 12.0 Å². The van der Waals surface area contributed by atoms with Crippen LogP contribution in [0.5, 0.6) is 0 Å². The highest BCUT2D eigenvalue weighted by atomic mass is 35.5. The Kier molecular flexibility index (Phi) is 4.06. The number of carbonyl (C=O) groups excluding carboxylic acids is 2. The van der Waals surface area contributed by atoms with Crippen LogP contribution in [-0.4, -0.2) is 65.0 Å². The monoisotopic (exact) mass is 347 g/mol. The molecular weight excluding hydrogens is 332 g/mol. The molecule has 2 aliphatic rings. The summed E-state index contributed by atoms with van der Waals surface area (Å²) >= 11 is 6.23. The Bertz CT molecular complexity index is 803. The van der Waals surface area contributed by atoms with E-state index in [1.165, 1.54) is 11.9 Å². The number of imide groups is 1. The number of hydrogen-bond donors (Lipinski definition) is 1. The van der Waals surface area contributed by atoms with Crippen LogP contribution < -0.4 is 5.43 Å². The smallest absolute Gasteiger partial charge is 0.270 e. The average molecular weight is 348 g/mol. The molecule has 0 aromatic heterocycles. The van der Waals surface area contributed by atoms with Gasteiger partial charge in [0.05, 0.1) is 6.54 Å². The minimum Gasteiger partial charge on any atom is -0.270 e. The largest absolute Gasteiger partial charge is 0.414 e. The molecule has 1 aromatic carbocycles. The van der Waals surface area contributed by atoms with Crippen molar-refractivity contribution < 1.29 is 14.2 Å². The standard InChI is InChI=1S/C15H15ClN6O2/c1-17-19-14-18-12-11(13(23)21(3)15(24)20(12)2)22(14)8-9-6-4-5-7-10(9)16/h4-7,11H,1,8H2,2-3H3/p+1. The first-order valence-electron chi connectivity index (χ1n) is 7.18. The van der Waals surface area contributed by atoms with Crippen molar-refractivity contribution in [3.05, 3.63) is 34.9 Å². The molecule has 2 heterocycles. The molecule has 0 radical (unpaired) electrons. The Morgan fingerprint density at radius 2 is 2.04 bits per heavy atom. The van der Waals surface area contributed by atoms with Gasteiger partial charge in [-0.25, -0.2) is 9.37 Å². The van der Waals surface area contributed by atoms with E-state index in [0.717, 1.165) is 10.5 Å². The van der Waals surface area contributed by atoms with Crippen LogP contribution in [0.15, 0.2) is 34.4 Å². The molecule has 0 spiro atoms. The minimum atomic E-state index is -0.724. The van der Waals surface area contributed by atoms with E-state index < -0.39 is 12.1 Å². The van der Waals surface area contributed by atoms with E-state index in [1.54, 1.807) is 17.7 Å². The fraction of sp³-hybridized carbons (Fsp3) is 0.267. The fourth-order valence-corrected chi connectivity index (χ4v) is 2.93. The van der Waals surface area contributed by atoms with Crippen LogP contribution in [0.4, 0.5) is 4.79 Å². The van der Waals surface area contributed by atoms with Crippen LogP contribution in [-0.2, 0) is 11.3 Å². The van der Waals surface area contributed by atoms with Crippen molar-refractivity contribution >= 4 is 42.1 Å². The van der Waals surface area contributed by atoms with Crippen LogP contribution in [0.3, 0.4) is 0 Å². The molecule has 0 saturated carbocycles. The van der Waals surface area contributed by atoms with Crippen LogP contribution >= 0.6 is 11.6 Å². The molecule has 1 unspecified atom stereocenters. The summed E-state index contributed by atoms with van der Waals surface area (Å²) in [5.41, 5.74) is 3.51. The maximum Gasteiger partial charge on any atom is 0.414 e.